The normalized spacial score (nSPS) is 16.0. The maximum atomic E-state index is 4.73. The van der Waals surface area contributed by atoms with E-state index < -0.39 is 0 Å². The van der Waals surface area contributed by atoms with E-state index in [0.717, 1.165) is 33.8 Å². The van der Waals surface area contributed by atoms with Gasteiger partial charge in [-0.05, 0) is 38.9 Å². The van der Waals surface area contributed by atoms with Crippen molar-refractivity contribution in [3.63, 3.8) is 0 Å². The highest BCUT2D eigenvalue weighted by molar-refractivity contribution is 7.22. The number of H-pyrrole nitrogens is 1. The highest BCUT2D eigenvalue weighted by Gasteiger charge is 2.14. The molecule has 3 aromatic rings. The number of nitrogens with zero attached hydrogens (tertiary/aromatic N) is 4. The number of aryl methyl sites for hydroxylation is 1. The maximum absolute atomic E-state index is 4.73. The summed E-state index contributed by atoms with van der Waals surface area (Å²) in [5, 5.41) is 7.08. The van der Waals surface area contributed by atoms with Crippen LogP contribution in [0.5, 0.6) is 0 Å². The van der Waals surface area contributed by atoms with Crippen molar-refractivity contribution >= 4 is 21.6 Å². The summed E-state index contributed by atoms with van der Waals surface area (Å²) in [6, 6.07) is 2.15. The second-order valence-corrected chi connectivity index (χ2v) is 6.62. The molecule has 3 aromatic heterocycles. The van der Waals surface area contributed by atoms with Crippen molar-refractivity contribution in [1.82, 2.24) is 25.1 Å². The molecule has 0 spiro atoms. The van der Waals surface area contributed by atoms with Gasteiger partial charge in [0.1, 0.15) is 5.82 Å². The minimum absolute atomic E-state index is 0.867. The van der Waals surface area contributed by atoms with Crippen LogP contribution in [0, 0.1) is 6.92 Å². The highest BCUT2D eigenvalue weighted by atomic mass is 32.1. The quantitative estimate of drug-likeness (QED) is 0.808. The smallest absolute Gasteiger partial charge is 0.143 e. The van der Waals surface area contributed by atoms with Crippen molar-refractivity contribution in [2.45, 2.75) is 26.3 Å². The number of aromatic amines is 1. The van der Waals surface area contributed by atoms with Crippen molar-refractivity contribution in [1.29, 1.82) is 0 Å². The van der Waals surface area contributed by atoms with Crippen LogP contribution in [0.2, 0.25) is 0 Å². The van der Waals surface area contributed by atoms with Crippen molar-refractivity contribution in [2.75, 3.05) is 13.1 Å². The maximum Gasteiger partial charge on any atom is 0.143 e. The second-order valence-electron chi connectivity index (χ2n) is 5.54. The predicted octanol–water partition coefficient (Wildman–Crippen LogP) is 2.99. The van der Waals surface area contributed by atoms with Crippen LogP contribution < -0.4 is 0 Å². The van der Waals surface area contributed by atoms with E-state index in [2.05, 4.69) is 26.1 Å². The number of aromatic nitrogens is 4. The predicted molar refractivity (Wildman–Crippen MR) is 84.2 cm³/mol. The van der Waals surface area contributed by atoms with Crippen LogP contribution in [0.15, 0.2) is 18.5 Å². The molecular formula is C15H17N5S. The van der Waals surface area contributed by atoms with Crippen LogP contribution in [0.4, 0.5) is 0 Å². The Morgan fingerprint density at radius 1 is 1.29 bits per heavy atom. The number of hydrogen-bond donors (Lipinski definition) is 1. The van der Waals surface area contributed by atoms with Crippen molar-refractivity contribution in [3.05, 3.63) is 30.0 Å². The summed E-state index contributed by atoms with van der Waals surface area (Å²) in [6.45, 7) is 5.25. The summed E-state index contributed by atoms with van der Waals surface area (Å²) < 4.78 is 1.13. The molecule has 108 valence electrons. The molecule has 0 bridgehead atoms. The molecule has 0 atom stereocenters. The molecule has 4 heterocycles. The first-order chi connectivity index (χ1) is 10.3. The molecule has 1 N–H and O–H groups in total. The Morgan fingerprint density at radius 3 is 2.90 bits per heavy atom. The summed E-state index contributed by atoms with van der Waals surface area (Å²) in [4.78, 5) is 12.9. The van der Waals surface area contributed by atoms with Crippen molar-refractivity contribution in [2.24, 2.45) is 0 Å². The molecule has 0 aromatic carbocycles. The largest absolute Gasteiger partial charge is 0.296 e. The first-order valence-electron chi connectivity index (χ1n) is 7.28. The van der Waals surface area contributed by atoms with Crippen LogP contribution in [0.25, 0.3) is 20.7 Å². The van der Waals surface area contributed by atoms with E-state index in [9.17, 15) is 0 Å². The van der Waals surface area contributed by atoms with Gasteiger partial charge in [-0.25, -0.2) is 9.97 Å². The Bertz CT molecular complexity index is 769. The van der Waals surface area contributed by atoms with Crippen LogP contribution in [0.1, 0.15) is 24.4 Å². The van der Waals surface area contributed by atoms with Gasteiger partial charge in [0.15, 0.2) is 0 Å². The summed E-state index contributed by atoms with van der Waals surface area (Å²) >= 11 is 1.72. The molecule has 6 heteroatoms. The van der Waals surface area contributed by atoms with Gasteiger partial charge >= 0.3 is 0 Å². The Labute approximate surface area is 127 Å². The average molecular weight is 299 g/mol. The molecule has 4 rings (SSSR count). The van der Waals surface area contributed by atoms with Crippen LogP contribution >= 0.6 is 11.3 Å². The van der Waals surface area contributed by atoms with Gasteiger partial charge in [-0.1, -0.05) is 0 Å². The van der Waals surface area contributed by atoms with E-state index in [1.165, 1.54) is 30.8 Å². The fraction of sp³-hybridized carbons (Fsp3) is 0.400. The molecule has 0 aliphatic carbocycles. The summed E-state index contributed by atoms with van der Waals surface area (Å²) in [5.74, 6) is 0.928. The van der Waals surface area contributed by atoms with Gasteiger partial charge < -0.3 is 0 Å². The second kappa shape index (κ2) is 5.20. The monoisotopic (exact) mass is 299 g/mol. The molecule has 1 aliphatic heterocycles. The first-order valence-corrected chi connectivity index (χ1v) is 8.09. The fourth-order valence-electron chi connectivity index (χ4n) is 2.83. The van der Waals surface area contributed by atoms with E-state index in [1.54, 1.807) is 11.3 Å². The zero-order valence-corrected chi connectivity index (χ0v) is 12.8. The summed E-state index contributed by atoms with van der Waals surface area (Å²) in [6.07, 6.45) is 6.42. The topological polar surface area (TPSA) is 57.7 Å². The van der Waals surface area contributed by atoms with Gasteiger partial charge in [-0.3, -0.25) is 10.00 Å². The van der Waals surface area contributed by atoms with E-state index >= 15 is 0 Å². The lowest BCUT2D eigenvalue weighted by Gasteiger charge is -2.12. The van der Waals surface area contributed by atoms with Crippen LogP contribution in [0.3, 0.4) is 0 Å². The molecule has 0 saturated carbocycles. The third-order valence-electron chi connectivity index (χ3n) is 3.98. The minimum Gasteiger partial charge on any atom is -0.296 e. The number of fused-ring (bicyclic) bond motifs is 1. The van der Waals surface area contributed by atoms with Gasteiger partial charge in [0.05, 0.1) is 23.0 Å². The molecule has 1 fully saturated rings. The standard InChI is InChI=1S/C15H17N5S/c1-10-11(7-17-19-10)13-6-12-14(21-13)8-16-15(18-12)9-20-4-2-3-5-20/h6-8H,2-5,9H2,1H3,(H,17,19). The lowest BCUT2D eigenvalue weighted by molar-refractivity contribution is 0.323. The van der Waals surface area contributed by atoms with E-state index in [1.807, 2.05) is 19.3 Å². The van der Waals surface area contributed by atoms with E-state index in [4.69, 9.17) is 4.98 Å². The van der Waals surface area contributed by atoms with E-state index in [-0.39, 0.29) is 0 Å². The van der Waals surface area contributed by atoms with Gasteiger partial charge in [-0.15, -0.1) is 11.3 Å². The van der Waals surface area contributed by atoms with Crippen molar-refractivity contribution in [3.8, 4) is 10.4 Å². The summed E-state index contributed by atoms with van der Waals surface area (Å²) in [7, 11) is 0. The zero-order chi connectivity index (χ0) is 14.2. The molecule has 1 aliphatic rings. The SMILES string of the molecule is Cc1[nH]ncc1-c1cc2nc(CN3CCCC3)ncc2s1. The average Bonchev–Trinajstić information content (AvgIpc) is 3.18. The molecule has 0 radical (unpaired) electrons. The Morgan fingerprint density at radius 2 is 2.14 bits per heavy atom. The fourth-order valence-corrected chi connectivity index (χ4v) is 3.86. The molecular weight excluding hydrogens is 282 g/mol. The number of likely N-dealkylation sites (tertiary alicyclic amines) is 1. The van der Waals surface area contributed by atoms with Gasteiger partial charge in [-0.2, -0.15) is 5.10 Å². The number of rotatable bonds is 3. The number of hydrogen-bond acceptors (Lipinski definition) is 5. The highest BCUT2D eigenvalue weighted by Crippen LogP contribution is 2.33. The van der Waals surface area contributed by atoms with Crippen LogP contribution in [-0.2, 0) is 6.54 Å². The van der Waals surface area contributed by atoms with Gasteiger partial charge in [0.2, 0.25) is 0 Å². The third-order valence-corrected chi connectivity index (χ3v) is 5.07. The molecule has 1 saturated heterocycles. The molecule has 0 amide bonds. The third kappa shape index (κ3) is 2.45. The molecule has 0 unspecified atom stereocenters. The lowest BCUT2D eigenvalue weighted by atomic mass is 10.2. The number of nitrogens with one attached hydrogen (secondary N) is 1. The Hall–Kier alpha value is -1.79. The molecule has 21 heavy (non-hydrogen) atoms. The number of thiophene rings is 1. The Balaban J connectivity index is 1.66. The van der Waals surface area contributed by atoms with Gasteiger partial charge in [0.25, 0.3) is 0 Å². The van der Waals surface area contributed by atoms with Crippen LogP contribution in [-0.4, -0.2) is 38.2 Å². The first kappa shape index (κ1) is 12.9. The van der Waals surface area contributed by atoms with Gasteiger partial charge in [0, 0.05) is 22.3 Å². The lowest BCUT2D eigenvalue weighted by Crippen LogP contribution is -2.19. The van der Waals surface area contributed by atoms with Crippen molar-refractivity contribution < 1.29 is 0 Å². The summed E-state index contributed by atoms with van der Waals surface area (Å²) in [5.41, 5.74) is 3.28. The molecule has 5 nitrogen and oxygen atoms in total. The van der Waals surface area contributed by atoms with E-state index in [0.29, 0.717) is 0 Å². The minimum atomic E-state index is 0.867. The zero-order valence-electron chi connectivity index (χ0n) is 12.0. The Kier molecular flexibility index (Phi) is 3.20.